The van der Waals surface area contributed by atoms with E-state index in [0.717, 1.165) is 24.3 Å². The number of carbonyl (C=O) groups excluding carboxylic acids is 1. The maximum Gasteiger partial charge on any atom is 0.271 e. The fourth-order valence-corrected chi connectivity index (χ4v) is 2.65. The van der Waals surface area contributed by atoms with Crippen molar-refractivity contribution in [2.75, 3.05) is 19.6 Å². The van der Waals surface area contributed by atoms with E-state index in [4.69, 9.17) is 0 Å². The molecule has 21 heavy (non-hydrogen) atoms. The molecule has 0 aromatic carbocycles. The summed E-state index contributed by atoms with van der Waals surface area (Å²) in [4.78, 5) is 18.8. The highest BCUT2D eigenvalue weighted by Crippen LogP contribution is 2.23. The van der Waals surface area contributed by atoms with E-state index in [1.54, 1.807) is 6.20 Å². The number of piperazine rings is 1. The van der Waals surface area contributed by atoms with Gasteiger partial charge >= 0.3 is 0 Å². The van der Waals surface area contributed by atoms with Crippen molar-refractivity contribution in [3.63, 3.8) is 0 Å². The van der Waals surface area contributed by atoms with E-state index in [-0.39, 0.29) is 24.4 Å². The minimum absolute atomic E-state index is 0. The van der Waals surface area contributed by atoms with Gasteiger partial charge in [0.15, 0.2) is 0 Å². The van der Waals surface area contributed by atoms with Gasteiger partial charge < -0.3 is 14.8 Å². The van der Waals surface area contributed by atoms with Crippen LogP contribution in [-0.2, 0) is 7.05 Å². The molecule has 1 saturated heterocycles. The molecule has 0 spiro atoms. The van der Waals surface area contributed by atoms with Crippen LogP contribution in [-0.4, -0.2) is 40.0 Å². The molecule has 1 unspecified atom stereocenters. The Kier molecular flexibility index (Phi) is 4.98. The van der Waals surface area contributed by atoms with E-state index in [2.05, 4.69) is 10.3 Å². The monoisotopic (exact) mass is 306 g/mol. The van der Waals surface area contributed by atoms with E-state index < -0.39 is 0 Å². The van der Waals surface area contributed by atoms with Crippen molar-refractivity contribution in [3.8, 4) is 0 Å². The summed E-state index contributed by atoms with van der Waals surface area (Å²) in [5.74, 6) is 0.0767. The number of halogens is 1. The van der Waals surface area contributed by atoms with Crippen LogP contribution in [0.25, 0.3) is 0 Å². The van der Waals surface area contributed by atoms with Gasteiger partial charge in [-0.05, 0) is 23.8 Å². The largest absolute Gasteiger partial charge is 0.347 e. The van der Waals surface area contributed by atoms with Crippen LogP contribution in [0.3, 0.4) is 0 Å². The van der Waals surface area contributed by atoms with Crippen LogP contribution in [0.1, 0.15) is 22.1 Å². The number of amides is 1. The molecule has 1 atom stereocenters. The van der Waals surface area contributed by atoms with E-state index in [0.29, 0.717) is 6.54 Å². The van der Waals surface area contributed by atoms with Crippen LogP contribution in [0.4, 0.5) is 0 Å². The van der Waals surface area contributed by atoms with Gasteiger partial charge in [-0.3, -0.25) is 9.78 Å². The predicted octanol–water partition coefficient (Wildman–Crippen LogP) is 1.63. The molecule has 1 aliphatic rings. The first kappa shape index (κ1) is 15.5. The van der Waals surface area contributed by atoms with Crippen molar-refractivity contribution in [3.05, 3.63) is 54.1 Å². The Balaban J connectivity index is 0.00000161. The Hall–Kier alpha value is -1.85. The van der Waals surface area contributed by atoms with Gasteiger partial charge in [-0.15, -0.1) is 12.4 Å². The molecule has 6 heteroatoms. The Bertz CT molecular complexity index is 599. The third-order valence-corrected chi connectivity index (χ3v) is 3.74. The first-order valence-electron chi connectivity index (χ1n) is 6.80. The number of hydrogen-bond donors (Lipinski definition) is 1. The number of aryl methyl sites for hydroxylation is 1. The molecule has 1 N–H and O–H groups in total. The normalized spacial score (nSPS) is 18.1. The molecular weight excluding hydrogens is 288 g/mol. The predicted molar refractivity (Wildman–Crippen MR) is 83.5 cm³/mol. The lowest BCUT2D eigenvalue weighted by Crippen LogP contribution is -2.49. The topological polar surface area (TPSA) is 50.2 Å². The minimum Gasteiger partial charge on any atom is -0.347 e. The van der Waals surface area contributed by atoms with Crippen LogP contribution in [0.5, 0.6) is 0 Å². The molecule has 0 radical (unpaired) electrons. The van der Waals surface area contributed by atoms with Crippen molar-refractivity contribution >= 4 is 18.3 Å². The second-order valence-corrected chi connectivity index (χ2v) is 5.01. The van der Waals surface area contributed by atoms with Crippen LogP contribution in [0.15, 0.2) is 42.9 Å². The fraction of sp³-hybridized carbons (Fsp3) is 0.333. The first-order valence-corrected chi connectivity index (χ1v) is 6.80. The summed E-state index contributed by atoms with van der Waals surface area (Å²) < 4.78 is 1.87. The van der Waals surface area contributed by atoms with E-state index in [9.17, 15) is 4.79 Å². The molecule has 3 heterocycles. The van der Waals surface area contributed by atoms with Gasteiger partial charge in [0.05, 0.1) is 6.04 Å². The number of rotatable bonds is 2. The average molecular weight is 307 g/mol. The molecule has 0 aliphatic carbocycles. The van der Waals surface area contributed by atoms with Crippen LogP contribution in [0.2, 0.25) is 0 Å². The lowest BCUT2D eigenvalue weighted by Gasteiger charge is -2.36. The van der Waals surface area contributed by atoms with Crippen LogP contribution < -0.4 is 5.32 Å². The molecule has 3 rings (SSSR count). The quantitative estimate of drug-likeness (QED) is 0.917. The summed E-state index contributed by atoms with van der Waals surface area (Å²) in [6.07, 6.45) is 5.49. The zero-order valence-electron chi connectivity index (χ0n) is 11.9. The average Bonchev–Trinajstić information content (AvgIpc) is 2.93. The first-order chi connectivity index (χ1) is 9.77. The summed E-state index contributed by atoms with van der Waals surface area (Å²) in [6, 6.07) is 7.74. The molecule has 112 valence electrons. The number of pyridine rings is 1. The van der Waals surface area contributed by atoms with E-state index >= 15 is 0 Å². The number of carbonyl (C=O) groups is 1. The summed E-state index contributed by atoms with van der Waals surface area (Å²) >= 11 is 0. The second kappa shape index (κ2) is 6.74. The highest BCUT2D eigenvalue weighted by molar-refractivity contribution is 5.93. The summed E-state index contributed by atoms with van der Waals surface area (Å²) in [5, 5.41) is 3.35. The van der Waals surface area contributed by atoms with Crippen LogP contribution in [0, 0.1) is 0 Å². The second-order valence-electron chi connectivity index (χ2n) is 5.01. The zero-order valence-corrected chi connectivity index (χ0v) is 12.7. The number of nitrogens with one attached hydrogen (secondary N) is 1. The van der Waals surface area contributed by atoms with E-state index in [1.807, 2.05) is 53.2 Å². The third kappa shape index (κ3) is 3.09. The fourth-order valence-electron chi connectivity index (χ4n) is 2.65. The number of nitrogens with zero attached hydrogens (tertiary/aromatic N) is 3. The van der Waals surface area contributed by atoms with Gasteiger partial charge in [0.2, 0.25) is 0 Å². The SMILES string of the molecule is Cl.Cn1cccc1C(=O)N1CCNCC1c1cccnc1. The molecule has 1 amide bonds. The Morgan fingerprint density at radius 2 is 2.24 bits per heavy atom. The Labute approximate surface area is 130 Å². The maximum absolute atomic E-state index is 12.7. The van der Waals surface area contributed by atoms with E-state index in [1.165, 1.54) is 0 Å². The molecule has 0 saturated carbocycles. The lowest BCUT2D eigenvalue weighted by atomic mass is 10.0. The minimum atomic E-state index is 0. The van der Waals surface area contributed by atoms with Gasteiger partial charge in [0.1, 0.15) is 5.69 Å². The van der Waals surface area contributed by atoms with Crippen LogP contribution >= 0.6 is 12.4 Å². The number of aromatic nitrogens is 2. The van der Waals surface area contributed by atoms with Gasteiger partial charge in [-0.25, -0.2) is 0 Å². The highest BCUT2D eigenvalue weighted by Gasteiger charge is 2.29. The molecule has 2 aromatic rings. The number of hydrogen-bond acceptors (Lipinski definition) is 3. The molecule has 1 fully saturated rings. The Morgan fingerprint density at radius 1 is 1.38 bits per heavy atom. The van der Waals surface area contributed by atoms with Gasteiger partial charge in [-0.2, -0.15) is 0 Å². The summed E-state index contributed by atoms with van der Waals surface area (Å²) in [7, 11) is 1.90. The van der Waals surface area contributed by atoms with Crippen molar-refractivity contribution < 1.29 is 4.79 Å². The van der Waals surface area contributed by atoms with Crippen molar-refractivity contribution in [1.82, 2.24) is 19.8 Å². The third-order valence-electron chi connectivity index (χ3n) is 3.74. The van der Waals surface area contributed by atoms with Gasteiger partial charge in [0, 0.05) is 45.3 Å². The molecular formula is C15H19ClN4O. The lowest BCUT2D eigenvalue weighted by molar-refractivity contribution is 0.0624. The summed E-state index contributed by atoms with van der Waals surface area (Å²) in [5.41, 5.74) is 1.79. The maximum atomic E-state index is 12.7. The van der Waals surface area contributed by atoms with Crippen molar-refractivity contribution in [2.45, 2.75) is 6.04 Å². The summed E-state index contributed by atoms with van der Waals surface area (Å²) in [6.45, 7) is 2.30. The standard InChI is InChI=1S/C15H18N4O.ClH/c1-18-8-3-5-13(18)15(20)19-9-7-17-11-14(19)12-4-2-6-16-10-12;/h2-6,8,10,14,17H,7,9,11H2,1H3;1H. The zero-order chi connectivity index (χ0) is 13.9. The van der Waals surface area contributed by atoms with Crippen molar-refractivity contribution in [2.24, 2.45) is 7.05 Å². The molecule has 0 bridgehead atoms. The molecule has 2 aromatic heterocycles. The van der Waals surface area contributed by atoms with Gasteiger partial charge in [0.25, 0.3) is 5.91 Å². The van der Waals surface area contributed by atoms with Crippen molar-refractivity contribution in [1.29, 1.82) is 0 Å². The molecule has 1 aliphatic heterocycles. The van der Waals surface area contributed by atoms with Gasteiger partial charge in [-0.1, -0.05) is 6.07 Å². The smallest absolute Gasteiger partial charge is 0.271 e. The Morgan fingerprint density at radius 3 is 2.90 bits per heavy atom. The molecule has 5 nitrogen and oxygen atoms in total. The highest BCUT2D eigenvalue weighted by atomic mass is 35.5.